The van der Waals surface area contributed by atoms with Gasteiger partial charge in [-0.2, -0.15) is 0 Å². The first-order chi connectivity index (χ1) is 10.2. The molecule has 4 N–H and O–H groups in total. The average molecular weight is 285 g/mol. The SMILES string of the molecule is CNC(=O)c1ccc(N)cc1NCCOc1ccccc1. The maximum Gasteiger partial charge on any atom is 0.253 e. The van der Waals surface area contributed by atoms with Gasteiger partial charge in [0.2, 0.25) is 0 Å². The normalized spacial score (nSPS) is 9.95. The number of para-hydroxylation sites is 1. The second-order valence-electron chi connectivity index (χ2n) is 4.47. The third-order valence-electron chi connectivity index (χ3n) is 2.94. The number of nitrogens with one attached hydrogen (secondary N) is 2. The lowest BCUT2D eigenvalue weighted by Gasteiger charge is -2.12. The fraction of sp³-hybridized carbons (Fsp3) is 0.188. The van der Waals surface area contributed by atoms with Crippen molar-refractivity contribution < 1.29 is 9.53 Å². The Kier molecular flexibility index (Phi) is 5.04. The summed E-state index contributed by atoms with van der Waals surface area (Å²) in [4.78, 5) is 11.8. The molecule has 0 aliphatic rings. The Bertz CT molecular complexity index is 600. The Balaban J connectivity index is 1.93. The molecule has 0 saturated carbocycles. The summed E-state index contributed by atoms with van der Waals surface area (Å²) in [5, 5.41) is 5.78. The molecule has 0 bridgehead atoms. The van der Waals surface area contributed by atoms with Gasteiger partial charge in [0.05, 0.1) is 5.56 Å². The molecule has 110 valence electrons. The van der Waals surface area contributed by atoms with Crippen LogP contribution in [-0.2, 0) is 0 Å². The van der Waals surface area contributed by atoms with Crippen molar-refractivity contribution in [2.45, 2.75) is 0 Å². The number of hydrogen-bond donors (Lipinski definition) is 3. The molecule has 0 saturated heterocycles. The number of rotatable bonds is 6. The topological polar surface area (TPSA) is 76.4 Å². The van der Waals surface area contributed by atoms with Crippen molar-refractivity contribution in [1.82, 2.24) is 5.32 Å². The zero-order valence-corrected chi connectivity index (χ0v) is 11.9. The summed E-state index contributed by atoms with van der Waals surface area (Å²) >= 11 is 0. The maximum atomic E-state index is 11.8. The van der Waals surface area contributed by atoms with E-state index in [4.69, 9.17) is 10.5 Å². The number of amides is 1. The van der Waals surface area contributed by atoms with E-state index in [0.717, 1.165) is 5.75 Å². The van der Waals surface area contributed by atoms with Gasteiger partial charge in [-0.05, 0) is 30.3 Å². The van der Waals surface area contributed by atoms with E-state index in [1.165, 1.54) is 0 Å². The second-order valence-corrected chi connectivity index (χ2v) is 4.47. The minimum Gasteiger partial charge on any atom is -0.492 e. The lowest BCUT2D eigenvalue weighted by molar-refractivity contribution is 0.0964. The van der Waals surface area contributed by atoms with Crippen molar-refractivity contribution in [2.24, 2.45) is 0 Å². The molecule has 2 aromatic rings. The van der Waals surface area contributed by atoms with Crippen LogP contribution in [0.3, 0.4) is 0 Å². The quantitative estimate of drug-likeness (QED) is 0.561. The van der Waals surface area contributed by atoms with Gasteiger partial charge in [-0.25, -0.2) is 0 Å². The Hall–Kier alpha value is -2.69. The first kappa shape index (κ1) is 14.7. The van der Waals surface area contributed by atoms with Crippen molar-refractivity contribution in [3.63, 3.8) is 0 Å². The fourth-order valence-electron chi connectivity index (χ4n) is 1.91. The van der Waals surface area contributed by atoms with Gasteiger partial charge >= 0.3 is 0 Å². The lowest BCUT2D eigenvalue weighted by atomic mass is 10.1. The van der Waals surface area contributed by atoms with E-state index in [1.54, 1.807) is 25.2 Å². The molecule has 2 aromatic carbocycles. The number of carbonyl (C=O) groups is 1. The molecule has 0 fully saturated rings. The van der Waals surface area contributed by atoms with Crippen LogP contribution in [0.4, 0.5) is 11.4 Å². The van der Waals surface area contributed by atoms with E-state index in [0.29, 0.717) is 30.1 Å². The molecule has 0 atom stereocenters. The van der Waals surface area contributed by atoms with Gasteiger partial charge in [0.25, 0.3) is 5.91 Å². The monoisotopic (exact) mass is 285 g/mol. The number of hydrogen-bond acceptors (Lipinski definition) is 4. The Morgan fingerprint density at radius 2 is 1.95 bits per heavy atom. The molecule has 21 heavy (non-hydrogen) atoms. The second kappa shape index (κ2) is 7.19. The number of benzene rings is 2. The highest BCUT2D eigenvalue weighted by atomic mass is 16.5. The smallest absolute Gasteiger partial charge is 0.253 e. The molecular formula is C16H19N3O2. The van der Waals surface area contributed by atoms with E-state index < -0.39 is 0 Å². The number of anilines is 2. The van der Waals surface area contributed by atoms with Crippen LogP contribution >= 0.6 is 0 Å². The summed E-state index contributed by atoms with van der Waals surface area (Å²) in [5.74, 6) is 0.667. The maximum absolute atomic E-state index is 11.8. The van der Waals surface area contributed by atoms with E-state index in [1.807, 2.05) is 30.3 Å². The van der Waals surface area contributed by atoms with Crippen LogP contribution in [0.15, 0.2) is 48.5 Å². The van der Waals surface area contributed by atoms with Crippen LogP contribution in [0, 0.1) is 0 Å². The van der Waals surface area contributed by atoms with Gasteiger partial charge in [0.15, 0.2) is 0 Å². The molecule has 1 amide bonds. The zero-order valence-electron chi connectivity index (χ0n) is 11.9. The highest BCUT2D eigenvalue weighted by molar-refractivity contribution is 6.00. The third-order valence-corrected chi connectivity index (χ3v) is 2.94. The minimum absolute atomic E-state index is 0.151. The predicted molar refractivity (Wildman–Crippen MR) is 84.7 cm³/mol. The van der Waals surface area contributed by atoms with Crippen LogP contribution in [0.25, 0.3) is 0 Å². The van der Waals surface area contributed by atoms with Gasteiger partial charge in [-0.3, -0.25) is 4.79 Å². The first-order valence-electron chi connectivity index (χ1n) is 6.74. The zero-order chi connectivity index (χ0) is 15.1. The van der Waals surface area contributed by atoms with E-state index in [-0.39, 0.29) is 5.91 Å². The number of nitrogens with two attached hydrogens (primary N) is 1. The Labute approximate surface area is 124 Å². The number of nitrogen functional groups attached to an aromatic ring is 1. The standard InChI is InChI=1S/C16H19N3O2/c1-18-16(20)14-8-7-12(17)11-15(14)19-9-10-21-13-5-3-2-4-6-13/h2-8,11,19H,9-10,17H2,1H3,(H,18,20). The van der Waals surface area contributed by atoms with Gasteiger partial charge in [-0.1, -0.05) is 18.2 Å². The molecule has 0 radical (unpaired) electrons. The van der Waals surface area contributed by atoms with Gasteiger partial charge < -0.3 is 21.1 Å². The predicted octanol–water partition coefficient (Wildman–Crippen LogP) is 2.12. The Morgan fingerprint density at radius 3 is 2.67 bits per heavy atom. The van der Waals surface area contributed by atoms with Gasteiger partial charge in [0.1, 0.15) is 12.4 Å². The van der Waals surface area contributed by atoms with Crippen molar-refractivity contribution in [3.8, 4) is 5.75 Å². The number of ether oxygens (including phenoxy) is 1. The van der Waals surface area contributed by atoms with Crippen molar-refractivity contribution >= 4 is 17.3 Å². The number of carbonyl (C=O) groups excluding carboxylic acids is 1. The summed E-state index contributed by atoms with van der Waals surface area (Å²) in [7, 11) is 1.60. The van der Waals surface area contributed by atoms with Gasteiger partial charge in [-0.15, -0.1) is 0 Å². The summed E-state index contributed by atoms with van der Waals surface area (Å²) in [5.41, 5.74) is 7.63. The van der Waals surface area contributed by atoms with E-state index in [2.05, 4.69) is 10.6 Å². The molecule has 0 unspecified atom stereocenters. The van der Waals surface area contributed by atoms with Crippen LogP contribution < -0.4 is 21.1 Å². The fourth-order valence-corrected chi connectivity index (χ4v) is 1.91. The molecule has 5 nitrogen and oxygen atoms in total. The summed E-state index contributed by atoms with van der Waals surface area (Å²) in [6.07, 6.45) is 0. The van der Waals surface area contributed by atoms with E-state index in [9.17, 15) is 4.79 Å². The molecule has 0 heterocycles. The highest BCUT2D eigenvalue weighted by Gasteiger charge is 2.09. The molecule has 0 aliphatic carbocycles. The van der Waals surface area contributed by atoms with Crippen molar-refractivity contribution in [2.75, 3.05) is 31.2 Å². The minimum atomic E-state index is -0.151. The molecule has 0 spiro atoms. The molecule has 2 rings (SSSR count). The molecule has 0 aliphatic heterocycles. The van der Waals surface area contributed by atoms with Crippen LogP contribution in [0.2, 0.25) is 0 Å². The Morgan fingerprint density at radius 1 is 1.19 bits per heavy atom. The first-order valence-corrected chi connectivity index (χ1v) is 6.74. The highest BCUT2D eigenvalue weighted by Crippen LogP contribution is 2.19. The molecule has 5 heteroatoms. The summed E-state index contributed by atoms with van der Waals surface area (Å²) < 4.78 is 5.59. The van der Waals surface area contributed by atoms with Crippen LogP contribution in [-0.4, -0.2) is 26.1 Å². The van der Waals surface area contributed by atoms with Gasteiger partial charge in [0, 0.05) is 25.0 Å². The average Bonchev–Trinajstić information content (AvgIpc) is 2.52. The summed E-state index contributed by atoms with van der Waals surface area (Å²) in [6.45, 7) is 1.06. The van der Waals surface area contributed by atoms with E-state index >= 15 is 0 Å². The van der Waals surface area contributed by atoms with Crippen LogP contribution in [0.1, 0.15) is 10.4 Å². The summed E-state index contributed by atoms with van der Waals surface area (Å²) in [6, 6.07) is 14.7. The molecular weight excluding hydrogens is 266 g/mol. The third kappa shape index (κ3) is 4.14. The van der Waals surface area contributed by atoms with Crippen molar-refractivity contribution in [3.05, 3.63) is 54.1 Å². The lowest BCUT2D eigenvalue weighted by Crippen LogP contribution is -2.21. The molecule has 0 aromatic heterocycles. The van der Waals surface area contributed by atoms with Crippen LogP contribution in [0.5, 0.6) is 5.75 Å². The largest absolute Gasteiger partial charge is 0.492 e. The van der Waals surface area contributed by atoms with Crippen molar-refractivity contribution in [1.29, 1.82) is 0 Å².